The molecule has 1 fully saturated rings. The summed E-state index contributed by atoms with van der Waals surface area (Å²) in [5, 5.41) is 9.80. The molecule has 0 unspecified atom stereocenters. The molecule has 0 amide bonds. The fourth-order valence-electron chi connectivity index (χ4n) is 2.24. The fraction of sp³-hybridized carbons (Fsp3) is 0.300. The van der Waals surface area contributed by atoms with Crippen molar-refractivity contribution in [3.8, 4) is 11.5 Å². The zero-order chi connectivity index (χ0) is 18.4. The lowest BCUT2D eigenvalue weighted by Gasteiger charge is -2.10. The van der Waals surface area contributed by atoms with Crippen molar-refractivity contribution in [3.63, 3.8) is 0 Å². The van der Waals surface area contributed by atoms with Crippen molar-refractivity contribution in [2.24, 2.45) is 5.92 Å². The van der Waals surface area contributed by atoms with Gasteiger partial charge in [-0.15, -0.1) is 0 Å². The molecule has 26 heavy (non-hydrogen) atoms. The molecule has 0 heterocycles. The lowest BCUT2D eigenvalue weighted by atomic mass is 10.2. The first-order chi connectivity index (χ1) is 12.6. The van der Waals surface area contributed by atoms with Crippen LogP contribution in [0.25, 0.3) is 0 Å². The van der Waals surface area contributed by atoms with Crippen LogP contribution in [-0.4, -0.2) is 30.3 Å². The Labute approximate surface area is 151 Å². The predicted octanol–water partition coefficient (Wildman–Crippen LogP) is 3.08. The summed E-state index contributed by atoms with van der Waals surface area (Å²) >= 11 is 0. The molecule has 1 N–H and O–H groups in total. The molecule has 0 spiro atoms. The molecule has 6 heteroatoms. The van der Waals surface area contributed by atoms with Crippen LogP contribution >= 0.6 is 0 Å². The third-order valence-corrected chi connectivity index (χ3v) is 3.93. The zero-order valence-electron chi connectivity index (χ0n) is 14.2. The van der Waals surface area contributed by atoms with Gasteiger partial charge in [-0.2, -0.15) is 0 Å². The predicted molar refractivity (Wildman–Crippen MR) is 92.8 cm³/mol. The van der Waals surface area contributed by atoms with E-state index in [4.69, 9.17) is 14.2 Å². The molecule has 1 aliphatic rings. The molecule has 2 aromatic carbocycles. The second-order valence-corrected chi connectivity index (χ2v) is 6.16. The molecular formula is C20H20O6. The van der Waals surface area contributed by atoms with Gasteiger partial charge in [0.05, 0.1) is 12.2 Å². The normalized spacial score (nSPS) is 13.1. The average Bonchev–Trinajstić information content (AvgIpc) is 3.49. The van der Waals surface area contributed by atoms with Crippen LogP contribution in [0.5, 0.6) is 11.5 Å². The van der Waals surface area contributed by atoms with E-state index in [9.17, 15) is 14.7 Å². The van der Waals surface area contributed by atoms with Gasteiger partial charge in [0.2, 0.25) is 0 Å². The van der Waals surface area contributed by atoms with Gasteiger partial charge in [0.25, 0.3) is 0 Å². The highest BCUT2D eigenvalue weighted by Gasteiger charge is 2.23. The second-order valence-electron chi connectivity index (χ2n) is 6.16. The van der Waals surface area contributed by atoms with Crippen LogP contribution < -0.4 is 4.74 Å². The molecule has 1 aliphatic carbocycles. The topological polar surface area (TPSA) is 82.1 Å². The average molecular weight is 356 g/mol. The van der Waals surface area contributed by atoms with Gasteiger partial charge in [0.1, 0.15) is 6.61 Å². The summed E-state index contributed by atoms with van der Waals surface area (Å²) in [6.45, 7) is 0.151. The number of benzene rings is 2. The first kappa shape index (κ1) is 17.8. The second kappa shape index (κ2) is 8.38. The SMILES string of the molecule is O=C(COC(=O)c1ccc(O)c(OCC2CC2)c1)OCc1ccccc1. The fourth-order valence-corrected chi connectivity index (χ4v) is 2.24. The van der Waals surface area contributed by atoms with Crippen LogP contribution in [0.3, 0.4) is 0 Å². The Hall–Kier alpha value is -3.02. The number of esters is 2. The summed E-state index contributed by atoms with van der Waals surface area (Å²) in [4.78, 5) is 23.8. The first-order valence-corrected chi connectivity index (χ1v) is 8.44. The smallest absolute Gasteiger partial charge is 0.344 e. The largest absolute Gasteiger partial charge is 0.504 e. The van der Waals surface area contributed by atoms with Gasteiger partial charge in [-0.3, -0.25) is 0 Å². The number of aromatic hydroxyl groups is 1. The Kier molecular flexibility index (Phi) is 5.73. The van der Waals surface area contributed by atoms with Crippen molar-refractivity contribution in [2.45, 2.75) is 19.4 Å². The van der Waals surface area contributed by atoms with Gasteiger partial charge in [-0.05, 0) is 42.5 Å². The number of rotatable bonds is 8. The van der Waals surface area contributed by atoms with Crippen molar-refractivity contribution in [3.05, 3.63) is 59.7 Å². The molecule has 0 aromatic heterocycles. The highest BCUT2D eigenvalue weighted by molar-refractivity contribution is 5.91. The van der Waals surface area contributed by atoms with Gasteiger partial charge in [0.15, 0.2) is 18.1 Å². The summed E-state index contributed by atoms with van der Waals surface area (Å²) < 4.78 is 15.5. The van der Waals surface area contributed by atoms with E-state index in [1.807, 2.05) is 30.3 Å². The lowest BCUT2D eigenvalue weighted by Crippen LogP contribution is -2.16. The van der Waals surface area contributed by atoms with Gasteiger partial charge in [0, 0.05) is 0 Å². The number of carbonyl (C=O) groups is 2. The monoisotopic (exact) mass is 356 g/mol. The van der Waals surface area contributed by atoms with E-state index in [1.54, 1.807) is 0 Å². The lowest BCUT2D eigenvalue weighted by molar-refractivity contribution is -0.148. The Balaban J connectivity index is 1.47. The third-order valence-electron chi connectivity index (χ3n) is 3.93. The number of hydrogen-bond acceptors (Lipinski definition) is 6. The summed E-state index contributed by atoms with van der Waals surface area (Å²) in [5.41, 5.74) is 1.05. The minimum atomic E-state index is -0.682. The maximum absolute atomic E-state index is 12.1. The van der Waals surface area contributed by atoms with Crippen molar-refractivity contribution in [2.75, 3.05) is 13.2 Å². The molecule has 0 atom stereocenters. The molecule has 2 aromatic rings. The first-order valence-electron chi connectivity index (χ1n) is 8.44. The van der Waals surface area contributed by atoms with Crippen molar-refractivity contribution in [1.82, 2.24) is 0 Å². The van der Waals surface area contributed by atoms with Gasteiger partial charge in [-0.25, -0.2) is 9.59 Å². The minimum absolute atomic E-state index is 0.0375. The number of phenolic OH excluding ortho intramolecular Hbond substituents is 1. The Bertz CT molecular complexity index is 767. The van der Waals surface area contributed by atoms with E-state index < -0.39 is 18.5 Å². The molecule has 6 nitrogen and oxygen atoms in total. The molecule has 1 saturated carbocycles. The van der Waals surface area contributed by atoms with Crippen LogP contribution in [0.1, 0.15) is 28.8 Å². The maximum Gasteiger partial charge on any atom is 0.344 e. The number of carbonyl (C=O) groups excluding carboxylic acids is 2. The van der Waals surface area contributed by atoms with Crippen molar-refractivity contribution < 1.29 is 28.9 Å². The molecule has 3 rings (SSSR count). The Morgan fingerprint density at radius 3 is 2.54 bits per heavy atom. The van der Waals surface area contributed by atoms with Gasteiger partial charge >= 0.3 is 11.9 Å². The molecule has 136 valence electrons. The standard InChI is InChI=1S/C20H20O6/c21-17-9-8-16(10-18(17)24-11-15-6-7-15)20(23)26-13-19(22)25-12-14-4-2-1-3-5-14/h1-5,8-10,15,21H,6-7,11-13H2. The summed E-state index contributed by atoms with van der Waals surface area (Å²) in [6.07, 6.45) is 2.24. The van der Waals surface area contributed by atoms with Crippen molar-refractivity contribution in [1.29, 1.82) is 0 Å². The zero-order valence-corrected chi connectivity index (χ0v) is 14.2. The highest BCUT2D eigenvalue weighted by Crippen LogP contribution is 2.32. The van der Waals surface area contributed by atoms with E-state index in [0.29, 0.717) is 12.5 Å². The Morgan fingerprint density at radius 2 is 1.81 bits per heavy atom. The minimum Gasteiger partial charge on any atom is -0.504 e. The van der Waals surface area contributed by atoms with E-state index >= 15 is 0 Å². The molecule has 0 radical (unpaired) electrons. The van der Waals surface area contributed by atoms with Gasteiger partial charge in [-0.1, -0.05) is 30.3 Å². The molecular weight excluding hydrogens is 336 g/mol. The van der Waals surface area contributed by atoms with Crippen molar-refractivity contribution >= 4 is 11.9 Å². The summed E-state index contributed by atoms with van der Waals surface area (Å²) in [7, 11) is 0. The number of hydrogen-bond donors (Lipinski definition) is 1. The summed E-state index contributed by atoms with van der Waals surface area (Å²) in [5.74, 6) is -0.601. The van der Waals surface area contributed by atoms with E-state index in [2.05, 4.69) is 0 Å². The van der Waals surface area contributed by atoms with Crippen LogP contribution in [-0.2, 0) is 20.9 Å². The van der Waals surface area contributed by atoms with Gasteiger partial charge < -0.3 is 19.3 Å². The number of ether oxygens (including phenoxy) is 3. The van der Waals surface area contributed by atoms with Crippen LogP contribution in [0.15, 0.2) is 48.5 Å². The quantitative estimate of drug-likeness (QED) is 0.732. The molecule has 0 saturated heterocycles. The van der Waals surface area contributed by atoms with Crippen LogP contribution in [0.2, 0.25) is 0 Å². The summed E-state index contributed by atoms with van der Waals surface area (Å²) in [6, 6.07) is 13.4. The Morgan fingerprint density at radius 1 is 1.04 bits per heavy atom. The molecule has 0 bridgehead atoms. The van der Waals surface area contributed by atoms with E-state index in [1.165, 1.54) is 18.2 Å². The maximum atomic E-state index is 12.1. The van der Waals surface area contributed by atoms with E-state index in [-0.39, 0.29) is 23.7 Å². The highest BCUT2D eigenvalue weighted by atomic mass is 16.6. The van der Waals surface area contributed by atoms with Crippen LogP contribution in [0, 0.1) is 5.92 Å². The van der Waals surface area contributed by atoms with E-state index in [0.717, 1.165) is 18.4 Å². The van der Waals surface area contributed by atoms with Crippen LogP contribution in [0.4, 0.5) is 0 Å². The molecule has 0 aliphatic heterocycles. The third kappa shape index (κ3) is 5.24. The number of phenols is 1.